The van der Waals surface area contributed by atoms with E-state index in [1.165, 1.54) is 0 Å². The lowest BCUT2D eigenvalue weighted by Crippen LogP contribution is -2.44. The number of rotatable bonds is 2. The maximum atomic E-state index is 12.5. The van der Waals surface area contributed by atoms with Gasteiger partial charge in [0.25, 0.3) is 0 Å². The zero-order chi connectivity index (χ0) is 16.6. The molecule has 0 fully saturated rings. The van der Waals surface area contributed by atoms with Crippen molar-refractivity contribution in [3.05, 3.63) is 35.4 Å². The van der Waals surface area contributed by atoms with Crippen LogP contribution in [-0.2, 0) is 6.18 Å². The van der Waals surface area contributed by atoms with E-state index in [2.05, 4.69) is 0 Å². The van der Waals surface area contributed by atoms with E-state index in [4.69, 9.17) is 5.73 Å². The molecule has 0 aliphatic rings. The Morgan fingerprint density at radius 1 is 0.810 bits per heavy atom. The Morgan fingerprint density at radius 2 is 1.29 bits per heavy atom. The van der Waals surface area contributed by atoms with Crippen LogP contribution >= 0.6 is 0 Å². The summed E-state index contributed by atoms with van der Waals surface area (Å²) in [6, 6.07) is -0.611. The minimum absolute atomic E-state index is 0.176. The highest BCUT2D eigenvalue weighted by atomic mass is 19.4. The molecule has 1 unspecified atom stereocenters. The third-order valence-corrected chi connectivity index (χ3v) is 2.66. The Balaban J connectivity index is 3.26. The van der Waals surface area contributed by atoms with Crippen molar-refractivity contribution in [1.29, 1.82) is 0 Å². The topological polar surface area (TPSA) is 26.0 Å². The molecule has 1 aromatic rings. The molecule has 1 atom stereocenters. The Bertz CT molecular complexity index is 472. The van der Waals surface area contributed by atoms with Gasteiger partial charge in [-0.3, -0.25) is 0 Å². The lowest BCUT2D eigenvalue weighted by atomic mass is 9.91. The van der Waals surface area contributed by atoms with Gasteiger partial charge in [0.05, 0.1) is 11.6 Å². The van der Waals surface area contributed by atoms with Gasteiger partial charge in [-0.25, -0.2) is 0 Å². The Kier molecular flexibility index (Phi) is 4.52. The van der Waals surface area contributed by atoms with Crippen LogP contribution in [0.4, 0.5) is 39.5 Å². The molecule has 0 saturated heterocycles. The third kappa shape index (κ3) is 4.26. The van der Waals surface area contributed by atoms with Gasteiger partial charge >= 0.3 is 18.5 Å². The summed E-state index contributed by atoms with van der Waals surface area (Å²) in [5.74, 6) is -3.95. The van der Waals surface area contributed by atoms with Crippen LogP contribution in [0.2, 0.25) is 0 Å². The van der Waals surface area contributed by atoms with E-state index in [1.807, 2.05) is 0 Å². The van der Waals surface area contributed by atoms with Gasteiger partial charge in [-0.15, -0.1) is 0 Å². The fraction of sp³-hybridized carbons (Fsp3) is 0.455. The first-order chi connectivity index (χ1) is 9.24. The van der Waals surface area contributed by atoms with E-state index in [0.29, 0.717) is 18.2 Å². The first-order valence-corrected chi connectivity index (χ1v) is 5.30. The summed E-state index contributed by atoms with van der Waals surface area (Å²) in [5.41, 5.74) is 2.64. The van der Waals surface area contributed by atoms with Crippen LogP contribution < -0.4 is 5.73 Å². The summed E-state index contributed by atoms with van der Waals surface area (Å²) < 4.78 is 112. The average molecular weight is 325 g/mol. The minimum Gasteiger partial charge on any atom is -0.323 e. The lowest BCUT2D eigenvalue weighted by molar-refractivity contribution is -0.290. The van der Waals surface area contributed by atoms with E-state index in [0.717, 1.165) is 0 Å². The molecule has 1 nitrogen and oxygen atoms in total. The summed E-state index contributed by atoms with van der Waals surface area (Å²) >= 11 is 0. The normalized spacial score (nSPS) is 15.4. The van der Waals surface area contributed by atoms with Crippen molar-refractivity contribution in [2.45, 2.75) is 24.6 Å². The molecule has 1 aromatic carbocycles. The van der Waals surface area contributed by atoms with Crippen molar-refractivity contribution in [2.75, 3.05) is 0 Å². The molecule has 0 bridgehead atoms. The van der Waals surface area contributed by atoms with Crippen LogP contribution in [0.1, 0.15) is 17.2 Å². The second kappa shape index (κ2) is 5.39. The largest absolute Gasteiger partial charge is 0.416 e. The molecule has 0 saturated carbocycles. The Morgan fingerprint density at radius 3 is 1.67 bits per heavy atom. The highest BCUT2D eigenvalue weighted by Crippen LogP contribution is 2.45. The number of hydrogen-bond donors (Lipinski definition) is 1. The summed E-state index contributed by atoms with van der Waals surface area (Å²) in [6.45, 7) is 0. The molecule has 120 valence electrons. The van der Waals surface area contributed by atoms with Crippen molar-refractivity contribution in [2.24, 2.45) is 11.7 Å². The molecule has 1 rings (SSSR count). The molecular weight excluding hydrogens is 317 g/mol. The molecule has 2 N–H and O–H groups in total. The monoisotopic (exact) mass is 325 g/mol. The summed E-state index contributed by atoms with van der Waals surface area (Å²) in [7, 11) is 0. The molecule has 0 aliphatic carbocycles. The number of hydrogen-bond acceptors (Lipinski definition) is 1. The predicted molar refractivity (Wildman–Crippen MR) is 54.0 cm³/mol. The van der Waals surface area contributed by atoms with E-state index >= 15 is 0 Å². The van der Waals surface area contributed by atoms with Crippen molar-refractivity contribution in [1.82, 2.24) is 0 Å². The van der Waals surface area contributed by atoms with Gasteiger partial charge in [-0.05, 0) is 17.7 Å². The summed E-state index contributed by atoms with van der Waals surface area (Å²) in [5, 5.41) is 0. The van der Waals surface area contributed by atoms with Crippen molar-refractivity contribution in [3.63, 3.8) is 0 Å². The smallest absolute Gasteiger partial charge is 0.323 e. The second-order valence-electron chi connectivity index (χ2n) is 4.21. The van der Waals surface area contributed by atoms with E-state index < -0.39 is 41.6 Å². The maximum Gasteiger partial charge on any atom is 0.416 e. The van der Waals surface area contributed by atoms with Crippen LogP contribution in [0, 0.1) is 5.92 Å². The van der Waals surface area contributed by atoms with Crippen LogP contribution in [-0.4, -0.2) is 12.4 Å². The Labute approximate surface area is 112 Å². The quantitative estimate of drug-likeness (QED) is 0.799. The molecule has 0 aromatic heterocycles. The third-order valence-electron chi connectivity index (χ3n) is 2.66. The maximum absolute atomic E-state index is 12.5. The lowest BCUT2D eigenvalue weighted by Gasteiger charge is -2.28. The number of alkyl halides is 9. The van der Waals surface area contributed by atoms with Gasteiger partial charge in [0, 0.05) is 0 Å². The predicted octanol–water partition coefficient (Wildman–Crippen LogP) is 4.45. The van der Waals surface area contributed by atoms with Crippen LogP contribution in [0.15, 0.2) is 24.3 Å². The SMILES string of the molecule is NC(c1cccc(C(F)(F)F)c1)C(C(F)(F)F)C(F)(F)F. The van der Waals surface area contributed by atoms with Gasteiger partial charge < -0.3 is 5.73 Å². The van der Waals surface area contributed by atoms with Crippen LogP contribution in [0.5, 0.6) is 0 Å². The molecule has 0 spiro atoms. The fourth-order valence-electron chi connectivity index (χ4n) is 1.71. The molecule has 0 aliphatic heterocycles. The van der Waals surface area contributed by atoms with Crippen molar-refractivity contribution >= 4 is 0 Å². The molecule has 0 radical (unpaired) electrons. The molecular formula is C11H8F9N. The zero-order valence-electron chi connectivity index (χ0n) is 9.94. The van der Waals surface area contributed by atoms with E-state index in [1.54, 1.807) is 0 Å². The second-order valence-corrected chi connectivity index (χ2v) is 4.21. The highest BCUT2D eigenvalue weighted by Gasteiger charge is 2.59. The first-order valence-electron chi connectivity index (χ1n) is 5.30. The van der Waals surface area contributed by atoms with Crippen LogP contribution in [0.25, 0.3) is 0 Å². The molecule has 10 heteroatoms. The van der Waals surface area contributed by atoms with Gasteiger partial charge in [0.1, 0.15) is 0 Å². The average Bonchev–Trinajstić information content (AvgIpc) is 2.24. The van der Waals surface area contributed by atoms with Gasteiger partial charge in [0.15, 0.2) is 5.92 Å². The fourth-order valence-corrected chi connectivity index (χ4v) is 1.71. The van der Waals surface area contributed by atoms with Crippen LogP contribution in [0.3, 0.4) is 0 Å². The van der Waals surface area contributed by atoms with Crippen molar-refractivity contribution < 1.29 is 39.5 Å². The molecule has 21 heavy (non-hydrogen) atoms. The molecule has 0 heterocycles. The highest BCUT2D eigenvalue weighted by molar-refractivity contribution is 5.28. The van der Waals surface area contributed by atoms with Crippen molar-refractivity contribution in [3.8, 4) is 0 Å². The van der Waals surface area contributed by atoms with Gasteiger partial charge in [-0.2, -0.15) is 39.5 Å². The Hall–Kier alpha value is -1.45. The van der Waals surface area contributed by atoms with Gasteiger partial charge in [-0.1, -0.05) is 12.1 Å². The number of halogens is 9. The summed E-state index contributed by atoms with van der Waals surface area (Å²) in [6.07, 6.45) is -16.4. The standard InChI is InChI=1S/C11H8F9N/c12-9(13,14)6-3-1-2-5(4-6)7(21)8(10(15,16)17)11(18,19)20/h1-4,7-8H,21H2. The van der Waals surface area contributed by atoms with E-state index in [9.17, 15) is 39.5 Å². The first kappa shape index (κ1) is 17.6. The number of nitrogens with two attached hydrogens (primary N) is 1. The zero-order valence-corrected chi connectivity index (χ0v) is 9.94. The minimum atomic E-state index is -5.73. The molecule has 0 amide bonds. The van der Waals surface area contributed by atoms with E-state index in [-0.39, 0.29) is 6.07 Å². The summed E-state index contributed by atoms with van der Waals surface area (Å²) in [4.78, 5) is 0. The van der Waals surface area contributed by atoms with Gasteiger partial charge in [0.2, 0.25) is 0 Å². The number of benzene rings is 1.